The van der Waals surface area contributed by atoms with Crippen molar-refractivity contribution < 1.29 is 4.79 Å². The normalized spacial score (nSPS) is 14.4. The lowest BCUT2D eigenvalue weighted by Gasteiger charge is -2.16. The number of carbonyl (C=O) groups is 1. The average molecular weight is 263 g/mol. The van der Waals surface area contributed by atoms with Crippen LogP contribution < -0.4 is 11.1 Å². The number of para-hydroxylation sites is 1. The van der Waals surface area contributed by atoms with Crippen molar-refractivity contribution >= 4 is 32.6 Å². The van der Waals surface area contributed by atoms with Gasteiger partial charge < -0.3 is 11.1 Å². The van der Waals surface area contributed by atoms with Crippen molar-refractivity contribution in [3.8, 4) is 0 Å². The molecule has 2 rings (SSSR count). The van der Waals surface area contributed by atoms with Gasteiger partial charge in [-0.3, -0.25) is 4.79 Å². The number of nitrogens with two attached hydrogens (primary N) is 1. The Morgan fingerprint density at radius 2 is 2.22 bits per heavy atom. The second-order valence-electron chi connectivity index (χ2n) is 4.39. The van der Waals surface area contributed by atoms with Crippen LogP contribution in [0.5, 0.6) is 0 Å². The lowest BCUT2D eigenvalue weighted by Crippen LogP contribution is -2.40. The summed E-state index contributed by atoms with van der Waals surface area (Å²) < 4.78 is 1.06. The standard InChI is InChI=1S/C13H17N3OS/c1-3-8(2)11(14)12(17)16-13-15-9-6-4-5-7-10(9)18-13/h4-8,11H,3,14H2,1-2H3,(H,15,16,17)/t8?,11-/m0/s1. The molecule has 1 aromatic heterocycles. The first kappa shape index (κ1) is 13.0. The van der Waals surface area contributed by atoms with E-state index < -0.39 is 6.04 Å². The fourth-order valence-corrected chi connectivity index (χ4v) is 2.50. The Kier molecular flexibility index (Phi) is 3.93. The third-order valence-electron chi connectivity index (χ3n) is 3.08. The number of benzene rings is 1. The number of nitrogens with one attached hydrogen (secondary N) is 1. The zero-order chi connectivity index (χ0) is 13.1. The fraction of sp³-hybridized carbons (Fsp3) is 0.385. The van der Waals surface area contributed by atoms with E-state index in [0.29, 0.717) is 5.13 Å². The van der Waals surface area contributed by atoms with Gasteiger partial charge in [-0.1, -0.05) is 43.7 Å². The van der Waals surface area contributed by atoms with E-state index in [4.69, 9.17) is 5.73 Å². The molecule has 0 saturated carbocycles. The fourth-order valence-electron chi connectivity index (χ4n) is 1.63. The largest absolute Gasteiger partial charge is 0.320 e. The Morgan fingerprint density at radius 1 is 1.50 bits per heavy atom. The maximum absolute atomic E-state index is 11.9. The summed E-state index contributed by atoms with van der Waals surface area (Å²) in [6.07, 6.45) is 0.883. The van der Waals surface area contributed by atoms with Crippen LogP contribution in [0, 0.1) is 5.92 Å². The van der Waals surface area contributed by atoms with Gasteiger partial charge in [-0.25, -0.2) is 4.98 Å². The molecule has 1 unspecified atom stereocenters. The first-order valence-corrected chi connectivity index (χ1v) is 6.85. The number of hydrogen-bond donors (Lipinski definition) is 2. The molecule has 0 bridgehead atoms. The number of thiazole rings is 1. The van der Waals surface area contributed by atoms with Crippen LogP contribution in [0.25, 0.3) is 10.2 Å². The van der Waals surface area contributed by atoms with Gasteiger partial charge in [0.25, 0.3) is 0 Å². The Morgan fingerprint density at radius 3 is 2.89 bits per heavy atom. The highest BCUT2D eigenvalue weighted by Crippen LogP contribution is 2.25. The van der Waals surface area contributed by atoms with E-state index in [9.17, 15) is 4.79 Å². The van der Waals surface area contributed by atoms with E-state index in [2.05, 4.69) is 10.3 Å². The molecule has 2 aromatic rings. The van der Waals surface area contributed by atoms with Crippen molar-refractivity contribution in [2.45, 2.75) is 26.3 Å². The van der Waals surface area contributed by atoms with Gasteiger partial charge in [-0.05, 0) is 18.1 Å². The van der Waals surface area contributed by atoms with Crippen molar-refractivity contribution in [1.82, 2.24) is 4.98 Å². The minimum absolute atomic E-state index is 0.164. The third-order valence-corrected chi connectivity index (χ3v) is 4.04. The number of nitrogens with zero attached hydrogens (tertiary/aromatic N) is 1. The van der Waals surface area contributed by atoms with Crippen molar-refractivity contribution in [2.75, 3.05) is 5.32 Å². The SMILES string of the molecule is CCC(C)[C@H](N)C(=O)Nc1nc2ccccc2s1. The smallest absolute Gasteiger partial charge is 0.243 e. The molecule has 5 heteroatoms. The van der Waals surface area contributed by atoms with Crippen LogP contribution in [-0.4, -0.2) is 16.9 Å². The molecule has 0 aliphatic heterocycles. The molecule has 0 aliphatic carbocycles. The van der Waals surface area contributed by atoms with Gasteiger partial charge in [0.2, 0.25) is 5.91 Å². The van der Waals surface area contributed by atoms with Gasteiger partial charge >= 0.3 is 0 Å². The number of amides is 1. The first-order chi connectivity index (χ1) is 8.61. The third kappa shape index (κ3) is 2.68. The van der Waals surface area contributed by atoms with Crippen molar-refractivity contribution in [3.05, 3.63) is 24.3 Å². The van der Waals surface area contributed by atoms with E-state index in [0.717, 1.165) is 16.6 Å². The van der Waals surface area contributed by atoms with Crippen LogP contribution >= 0.6 is 11.3 Å². The predicted molar refractivity (Wildman–Crippen MR) is 75.7 cm³/mol. The van der Waals surface area contributed by atoms with Crippen molar-refractivity contribution in [2.24, 2.45) is 11.7 Å². The van der Waals surface area contributed by atoms with Crippen LogP contribution in [0.3, 0.4) is 0 Å². The maximum atomic E-state index is 11.9. The Hall–Kier alpha value is -1.46. The molecule has 1 amide bonds. The van der Waals surface area contributed by atoms with E-state index in [-0.39, 0.29) is 11.8 Å². The van der Waals surface area contributed by atoms with Gasteiger partial charge in [0.1, 0.15) is 0 Å². The Labute approximate surface area is 110 Å². The number of fused-ring (bicyclic) bond motifs is 1. The van der Waals surface area contributed by atoms with Gasteiger partial charge in [0.05, 0.1) is 16.3 Å². The lowest BCUT2D eigenvalue weighted by molar-refractivity contribution is -0.118. The van der Waals surface area contributed by atoms with E-state index in [1.807, 2.05) is 38.1 Å². The van der Waals surface area contributed by atoms with Gasteiger partial charge in [-0.2, -0.15) is 0 Å². The summed E-state index contributed by atoms with van der Waals surface area (Å²) in [5.74, 6) is 0.00258. The zero-order valence-electron chi connectivity index (χ0n) is 10.5. The summed E-state index contributed by atoms with van der Waals surface area (Å²) in [5, 5.41) is 3.40. The summed E-state index contributed by atoms with van der Waals surface area (Å²) in [5.41, 5.74) is 6.78. The number of carbonyl (C=O) groups excluding carboxylic acids is 1. The first-order valence-electron chi connectivity index (χ1n) is 6.03. The molecular formula is C13H17N3OS. The molecule has 1 heterocycles. The van der Waals surface area contributed by atoms with E-state index in [1.54, 1.807) is 0 Å². The van der Waals surface area contributed by atoms with Crippen LogP contribution in [0.4, 0.5) is 5.13 Å². The van der Waals surface area contributed by atoms with Gasteiger partial charge in [0, 0.05) is 0 Å². The molecule has 18 heavy (non-hydrogen) atoms. The molecule has 0 radical (unpaired) electrons. The Bertz CT molecular complexity index is 519. The second-order valence-corrected chi connectivity index (χ2v) is 5.42. The minimum Gasteiger partial charge on any atom is -0.320 e. The number of anilines is 1. The molecule has 1 aromatic carbocycles. The highest BCUT2D eigenvalue weighted by atomic mass is 32.1. The Balaban J connectivity index is 2.11. The van der Waals surface area contributed by atoms with Crippen LogP contribution in [-0.2, 0) is 4.79 Å². The quantitative estimate of drug-likeness (QED) is 0.891. The molecule has 4 nitrogen and oxygen atoms in total. The highest BCUT2D eigenvalue weighted by Gasteiger charge is 2.20. The average Bonchev–Trinajstić information content (AvgIpc) is 2.78. The summed E-state index contributed by atoms with van der Waals surface area (Å²) in [4.78, 5) is 16.3. The van der Waals surface area contributed by atoms with Crippen LogP contribution in [0.15, 0.2) is 24.3 Å². The number of aromatic nitrogens is 1. The number of hydrogen-bond acceptors (Lipinski definition) is 4. The summed E-state index contributed by atoms with van der Waals surface area (Å²) in [6.45, 7) is 4.00. The topological polar surface area (TPSA) is 68.0 Å². The van der Waals surface area contributed by atoms with Gasteiger partial charge in [0.15, 0.2) is 5.13 Å². The molecule has 2 atom stereocenters. The molecule has 0 fully saturated rings. The second kappa shape index (κ2) is 5.46. The minimum atomic E-state index is -0.484. The van der Waals surface area contributed by atoms with Crippen LogP contribution in [0.2, 0.25) is 0 Å². The maximum Gasteiger partial charge on any atom is 0.243 e. The number of rotatable bonds is 4. The zero-order valence-corrected chi connectivity index (χ0v) is 11.3. The molecular weight excluding hydrogens is 246 g/mol. The van der Waals surface area contributed by atoms with Gasteiger partial charge in [-0.15, -0.1) is 0 Å². The van der Waals surface area contributed by atoms with E-state index in [1.165, 1.54) is 11.3 Å². The van der Waals surface area contributed by atoms with Crippen molar-refractivity contribution in [1.29, 1.82) is 0 Å². The molecule has 0 aliphatic rings. The molecule has 3 N–H and O–H groups in total. The highest BCUT2D eigenvalue weighted by molar-refractivity contribution is 7.22. The monoisotopic (exact) mass is 263 g/mol. The van der Waals surface area contributed by atoms with E-state index >= 15 is 0 Å². The molecule has 96 valence electrons. The summed E-state index contributed by atoms with van der Waals surface area (Å²) in [6, 6.07) is 7.31. The molecule has 0 spiro atoms. The van der Waals surface area contributed by atoms with Crippen molar-refractivity contribution in [3.63, 3.8) is 0 Å². The van der Waals surface area contributed by atoms with Crippen LogP contribution in [0.1, 0.15) is 20.3 Å². The lowest BCUT2D eigenvalue weighted by atomic mass is 10.00. The summed E-state index contributed by atoms with van der Waals surface area (Å²) >= 11 is 1.46. The predicted octanol–water partition coefficient (Wildman–Crippen LogP) is 2.61. The molecule has 0 saturated heterocycles. The summed E-state index contributed by atoms with van der Waals surface area (Å²) in [7, 11) is 0.